The number of furan rings is 1. The van der Waals surface area contributed by atoms with Gasteiger partial charge in [-0.3, -0.25) is 4.79 Å². The second-order valence-electron chi connectivity index (χ2n) is 5.50. The van der Waals surface area contributed by atoms with Crippen molar-refractivity contribution in [3.63, 3.8) is 0 Å². The number of nitrogens with zero attached hydrogens (tertiary/aromatic N) is 1. The second-order valence-corrected chi connectivity index (χ2v) is 6.53. The zero-order valence-corrected chi connectivity index (χ0v) is 13.3. The lowest BCUT2D eigenvalue weighted by Crippen LogP contribution is -2.31. The largest absolute Gasteiger partial charge is 0.448 e. The molecule has 4 rings (SSSR count). The van der Waals surface area contributed by atoms with Gasteiger partial charge in [0, 0.05) is 13.2 Å². The van der Waals surface area contributed by atoms with Crippen LogP contribution in [-0.2, 0) is 4.74 Å². The van der Waals surface area contributed by atoms with Crippen molar-refractivity contribution in [1.82, 2.24) is 10.3 Å². The lowest BCUT2D eigenvalue weighted by molar-refractivity contribution is 0.0836. The molecular weight excluding hydrogens is 312 g/mol. The predicted molar refractivity (Wildman–Crippen MR) is 88.6 cm³/mol. The predicted octanol–water partition coefficient (Wildman–Crippen LogP) is 3.47. The third kappa shape index (κ3) is 3.00. The SMILES string of the molecule is O=C(NC[C@H]1CCCO1)c1ccc(-c2nc3ccccc3s2)o1. The third-order valence-corrected chi connectivity index (χ3v) is 4.90. The summed E-state index contributed by atoms with van der Waals surface area (Å²) < 4.78 is 12.3. The van der Waals surface area contributed by atoms with Crippen LogP contribution in [0.3, 0.4) is 0 Å². The maximum Gasteiger partial charge on any atom is 0.287 e. The van der Waals surface area contributed by atoms with E-state index in [-0.39, 0.29) is 12.0 Å². The van der Waals surface area contributed by atoms with Gasteiger partial charge in [-0.1, -0.05) is 12.1 Å². The molecule has 5 nitrogen and oxygen atoms in total. The molecule has 1 aliphatic rings. The molecule has 1 atom stereocenters. The van der Waals surface area contributed by atoms with E-state index in [0.29, 0.717) is 18.1 Å². The van der Waals surface area contributed by atoms with Crippen molar-refractivity contribution in [3.8, 4) is 10.8 Å². The Morgan fingerprint density at radius 1 is 1.30 bits per heavy atom. The quantitative estimate of drug-likeness (QED) is 0.796. The molecule has 0 radical (unpaired) electrons. The van der Waals surface area contributed by atoms with E-state index in [1.807, 2.05) is 24.3 Å². The van der Waals surface area contributed by atoms with E-state index >= 15 is 0 Å². The van der Waals surface area contributed by atoms with E-state index in [2.05, 4.69) is 10.3 Å². The van der Waals surface area contributed by atoms with Crippen molar-refractivity contribution in [3.05, 3.63) is 42.2 Å². The van der Waals surface area contributed by atoms with E-state index < -0.39 is 0 Å². The Morgan fingerprint density at radius 2 is 2.22 bits per heavy atom. The number of ether oxygens (including phenoxy) is 1. The van der Waals surface area contributed by atoms with Gasteiger partial charge >= 0.3 is 0 Å². The molecule has 0 bridgehead atoms. The van der Waals surface area contributed by atoms with Gasteiger partial charge in [-0.25, -0.2) is 4.98 Å². The topological polar surface area (TPSA) is 64.4 Å². The Kier molecular flexibility index (Phi) is 3.85. The monoisotopic (exact) mass is 328 g/mol. The number of hydrogen-bond donors (Lipinski definition) is 1. The number of amides is 1. The molecule has 1 fully saturated rings. The first-order valence-electron chi connectivity index (χ1n) is 7.65. The zero-order valence-electron chi connectivity index (χ0n) is 12.5. The van der Waals surface area contributed by atoms with Crippen LogP contribution in [-0.4, -0.2) is 30.1 Å². The van der Waals surface area contributed by atoms with Crippen LogP contribution in [0.2, 0.25) is 0 Å². The number of aromatic nitrogens is 1. The van der Waals surface area contributed by atoms with E-state index in [1.54, 1.807) is 23.5 Å². The Hall–Kier alpha value is -2.18. The fourth-order valence-electron chi connectivity index (χ4n) is 2.65. The smallest absolute Gasteiger partial charge is 0.287 e. The molecule has 2 aromatic heterocycles. The van der Waals surface area contributed by atoms with Crippen molar-refractivity contribution >= 4 is 27.5 Å². The molecule has 1 amide bonds. The number of carbonyl (C=O) groups is 1. The van der Waals surface area contributed by atoms with Crippen LogP contribution < -0.4 is 5.32 Å². The maximum atomic E-state index is 12.1. The molecule has 23 heavy (non-hydrogen) atoms. The first kappa shape index (κ1) is 14.4. The van der Waals surface area contributed by atoms with Crippen molar-refractivity contribution in [1.29, 1.82) is 0 Å². The van der Waals surface area contributed by atoms with Gasteiger partial charge in [-0.15, -0.1) is 11.3 Å². The molecule has 1 aliphatic heterocycles. The van der Waals surface area contributed by atoms with Gasteiger partial charge in [0.2, 0.25) is 0 Å². The maximum absolute atomic E-state index is 12.1. The van der Waals surface area contributed by atoms with E-state index in [4.69, 9.17) is 9.15 Å². The number of carbonyl (C=O) groups excluding carboxylic acids is 1. The van der Waals surface area contributed by atoms with E-state index in [1.165, 1.54) is 0 Å². The fourth-order valence-corrected chi connectivity index (χ4v) is 3.58. The van der Waals surface area contributed by atoms with Crippen molar-refractivity contribution in [2.45, 2.75) is 18.9 Å². The fraction of sp³-hybridized carbons (Fsp3) is 0.294. The summed E-state index contributed by atoms with van der Waals surface area (Å²) in [4.78, 5) is 16.7. The molecular formula is C17H16N2O3S. The summed E-state index contributed by atoms with van der Waals surface area (Å²) in [6.07, 6.45) is 2.18. The van der Waals surface area contributed by atoms with Gasteiger partial charge in [0.05, 0.1) is 16.3 Å². The minimum atomic E-state index is -0.215. The first-order valence-corrected chi connectivity index (χ1v) is 8.47. The van der Waals surface area contributed by atoms with Crippen LogP contribution in [0.15, 0.2) is 40.8 Å². The standard InChI is InChI=1S/C17H16N2O3S/c20-16(18-10-11-4-3-9-21-11)13-7-8-14(22-13)17-19-12-5-1-2-6-15(12)23-17/h1-2,5-8,11H,3-4,9-10H2,(H,18,20)/t11-/m1/s1. The number of thiazole rings is 1. The third-order valence-electron chi connectivity index (χ3n) is 3.85. The molecule has 1 aromatic carbocycles. The average Bonchev–Trinajstić information content (AvgIpc) is 3.31. The highest BCUT2D eigenvalue weighted by molar-refractivity contribution is 7.21. The molecule has 1 N–H and O–H groups in total. The number of fused-ring (bicyclic) bond motifs is 1. The van der Waals surface area contributed by atoms with Gasteiger partial charge in [0.25, 0.3) is 5.91 Å². The number of benzene rings is 1. The summed E-state index contributed by atoms with van der Waals surface area (Å²) in [5.74, 6) is 0.707. The number of hydrogen-bond acceptors (Lipinski definition) is 5. The van der Waals surface area contributed by atoms with E-state index in [9.17, 15) is 4.79 Å². The highest BCUT2D eigenvalue weighted by atomic mass is 32.1. The summed E-state index contributed by atoms with van der Waals surface area (Å²) in [5, 5.41) is 3.64. The lowest BCUT2D eigenvalue weighted by atomic mass is 10.2. The first-order chi connectivity index (χ1) is 11.3. The zero-order chi connectivity index (χ0) is 15.6. The molecule has 6 heteroatoms. The Labute approximate surface area is 137 Å². The van der Waals surface area contributed by atoms with Gasteiger partial charge in [-0.2, -0.15) is 0 Å². The van der Waals surface area contributed by atoms with Crippen LogP contribution in [0.5, 0.6) is 0 Å². The number of para-hydroxylation sites is 1. The van der Waals surface area contributed by atoms with Crippen molar-refractivity contribution in [2.75, 3.05) is 13.2 Å². The van der Waals surface area contributed by atoms with Crippen LogP contribution >= 0.6 is 11.3 Å². The summed E-state index contributed by atoms with van der Waals surface area (Å²) in [7, 11) is 0. The molecule has 0 unspecified atom stereocenters. The van der Waals surface area contributed by atoms with Gasteiger partial charge in [0.1, 0.15) is 0 Å². The molecule has 1 saturated heterocycles. The Morgan fingerprint density at radius 3 is 3.04 bits per heavy atom. The summed E-state index contributed by atoms with van der Waals surface area (Å²) >= 11 is 1.55. The van der Waals surface area contributed by atoms with Gasteiger partial charge in [-0.05, 0) is 37.1 Å². The molecule has 118 valence electrons. The molecule has 0 spiro atoms. The second kappa shape index (κ2) is 6.14. The normalized spacial score (nSPS) is 17.7. The van der Waals surface area contributed by atoms with Crippen molar-refractivity contribution in [2.24, 2.45) is 0 Å². The summed E-state index contributed by atoms with van der Waals surface area (Å²) in [6.45, 7) is 1.30. The molecule has 0 aliphatic carbocycles. The lowest BCUT2D eigenvalue weighted by Gasteiger charge is -2.09. The van der Waals surface area contributed by atoms with Crippen LogP contribution in [0.4, 0.5) is 0 Å². The summed E-state index contributed by atoms with van der Waals surface area (Å²) in [6, 6.07) is 11.4. The van der Waals surface area contributed by atoms with Crippen LogP contribution in [0.1, 0.15) is 23.4 Å². The van der Waals surface area contributed by atoms with Crippen LogP contribution in [0, 0.1) is 0 Å². The molecule has 3 aromatic rings. The summed E-state index contributed by atoms with van der Waals surface area (Å²) in [5.41, 5.74) is 0.938. The highest BCUT2D eigenvalue weighted by Gasteiger charge is 2.19. The minimum absolute atomic E-state index is 0.123. The average molecular weight is 328 g/mol. The minimum Gasteiger partial charge on any atom is -0.448 e. The molecule has 0 saturated carbocycles. The Bertz CT molecular complexity index is 800. The highest BCUT2D eigenvalue weighted by Crippen LogP contribution is 2.31. The Balaban J connectivity index is 1.48. The van der Waals surface area contributed by atoms with E-state index in [0.717, 1.165) is 34.7 Å². The number of rotatable bonds is 4. The van der Waals surface area contributed by atoms with Crippen molar-refractivity contribution < 1.29 is 13.9 Å². The number of nitrogens with one attached hydrogen (secondary N) is 1. The van der Waals surface area contributed by atoms with Gasteiger partial charge in [0.15, 0.2) is 16.5 Å². The van der Waals surface area contributed by atoms with Gasteiger partial charge < -0.3 is 14.5 Å². The van der Waals surface area contributed by atoms with Crippen LogP contribution in [0.25, 0.3) is 21.0 Å². The molecule has 3 heterocycles.